The Bertz CT molecular complexity index is 1320. The van der Waals surface area contributed by atoms with Crippen molar-refractivity contribution in [1.29, 1.82) is 0 Å². The summed E-state index contributed by atoms with van der Waals surface area (Å²) in [6.45, 7) is 5.00. The summed E-state index contributed by atoms with van der Waals surface area (Å²) in [7, 11) is 0. The maximum atomic E-state index is 13.3. The fraction of sp³-hybridized carbons (Fsp3) is 0.429. The molecule has 2 fully saturated rings. The Morgan fingerprint density at radius 1 is 1.00 bits per heavy atom. The van der Waals surface area contributed by atoms with Crippen LogP contribution in [0.2, 0.25) is 5.02 Å². The predicted molar refractivity (Wildman–Crippen MR) is 143 cm³/mol. The number of likely N-dealkylation sites (tertiary alicyclic amines) is 2. The number of H-pyrrole nitrogens is 1. The molecule has 8 nitrogen and oxygen atoms in total. The number of nitrogens with zero attached hydrogens (tertiary/aromatic N) is 3. The molecule has 37 heavy (non-hydrogen) atoms. The van der Waals surface area contributed by atoms with Crippen LogP contribution in [0, 0.1) is 6.92 Å². The lowest BCUT2D eigenvalue weighted by Crippen LogP contribution is -2.32. The monoisotopic (exact) mass is 521 g/mol. The molecule has 0 saturated carbocycles. The first-order valence-corrected chi connectivity index (χ1v) is 13.4. The van der Waals surface area contributed by atoms with Crippen molar-refractivity contribution >= 4 is 40.4 Å². The summed E-state index contributed by atoms with van der Waals surface area (Å²) in [6, 6.07) is 10.1. The number of carbonyl (C=O) groups excluding carboxylic acids is 3. The summed E-state index contributed by atoms with van der Waals surface area (Å²) in [5.74, 6) is 0.412. The number of hydrogen-bond donors (Lipinski definition) is 2. The summed E-state index contributed by atoms with van der Waals surface area (Å²) < 4.78 is 0. The Kier molecular flexibility index (Phi) is 7.46. The number of halogens is 1. The summed E-state index contributed by atoms with van der Waals surface area (Å²) in [5.41, 5.74) is 3.37. The summed E-state index contributed by atoms with van der Waals surface area (Å²) in [6.07, 6.45) is 4.85. The zero-order valence-corrected chi connectivity index (χ0v) is 21.8. The SMILES string of the molecule is Cc1cc(C(=O)N[C@@H](CCC(=O)N2CCCC2)c2nc3cc(Cl)ccc3[nH]2)ccc1C(=O)N1CCCC1. The Morgan fingerprint density at radius 2 is 1.70 bits per heavy atom. The van der Waals surface area contributed by atoms with Gasteiger partial charge in [0, 0.05) is 48.7 Å². The molecule has 2 aromatic carbocycles. The van der Waals surface area contributed by atoms with Gasteiger partial charge in [-0.3, -0.25) is 14.4 Å². The summed E-state index contributed by atoms with van der Waals surface area (Å²) >= 11 is 6.14. The first kappa shape index (κ1) is 25.3. The highest BCUT2D eigenvalue weighted by Gasteiger charge is 2.25. The van der Waals surface area contributed by atoms with Gasteiger partial charge in [0.15, 0.2) is 0 Å². The molecule has 1 atom stereocenters. The van der Waals surface area contributed by atoms with E-state index in [0.29, 0.717) is 40.3 Å². The van der Waals surface area contributed by atoms with Crippen LogP contribution in [-0.2, 0) is 4.79 Å². The van der Waals surface area contributed by atoms with Crippen LogP contribution in [0.5, 0.6) is 0 Å². The number of hydrogen-bond acceptors (Lipinski definition) is 4. The van der Waals surface area contributed by atoms with Crippen LogP contribution in [-0.4, -0.2) is 63.7 Å². The predicted octanol–water partition coefficient (Wildman–Crippen LogP) is 4.63. The highest BCUT2D eigenvalue weighted by atomic mass is 35.5. The lowest BCUT2D eigenvalue weighted by atomic mass is 10.0. The van der Waals surface area contributed by atoms with Crippen LogP contribution in [0.4, 0.5) is 0 Å². The molecule has 2 aliphatic heterocycles. The fourth-order valence-electron chi connectivity index (χ4n) is 5.21. The van der Waals surface area contributed by atoms with Crippen LogP contribution in [0.3, 0.4) is 0 Å². The van der Waals surface area contributed by atoms with E-state index in [2.05, 4.69) is 15.3 Å². The van der Waals surface area contributed by atoms with E-state index in [0.717, 1.165) is 62.9 Å². The first-order valence-electron chi connectivity index (χ1n) is 13.0. The third kappa shape index (κ3) is 5.64. The average Bonchev–Trinajstić information content (AvgIpc) is 3.67. The molecule has 2 N–H and O–H groups in total. The first-order chi connectivity index (χ1) is 17.9. The van der Waals surface area contributed by atoms with Gasteiger partial charge >= 0.3 is 0 Å². The van der Waals surface area contributed by atoms with Crippen molar-refractivity contribution in [3.05, 3.63) is 63.9 Å². The van der Waals surface area contributed by atoms with E-state index in [9.17, 15) is 14.4 Å². The second-order valence-electron chi connectivity index (χ2n) is 9.97. The van der Waals surface area contributed by atoms with Crippen molar-refractivity contribution in [3.63, 3.8) is 0 Å². The van der Waals surface area contributed by atoms with Crippen molar-refractivity contribution < 1.29 is 14.4 Å². The number of aryl methyl sites for hydroxylation is 1. The van der Waals surface area contributed by atoms with Gasteiger partial charge in [-0.1, -0.05) is 11.6 Å². The number of rotatable bonds is 7. The molecule has 2 aliphatic rings. The minimum absolute atomic E-state index is 0.0150. The lowest BCUT2D eigenvalue weighted by Gasteiger charge is -2.20. The molecule has 9 heteroatoms. The Morgan fingerprint density at radius 3 is 2.41 bits per heavy atom. The topological polar surface area (TPSA) is 98.4 Å². The van der Waals surface area contributed by atoms with Gasteiger partial charge in [-0.05, 0) is 81.0 Å². The van der Waals surface area contributed by atoms with Crippen LogP contribution < -0.4 is 5.32 Å². The van der Waals surface area contributed by atoms with Gasteiger partial charge in [-0.25, -0.2) is 4.98 Å². The molecule has 3 aromatic rings. The maximum absolute atomic E-state index is 13.3. The number of fused-ring (bicyclic) bond motifs is 1. The second-order valence-corrected chi connectivity index (χ2v) is 10.4. The number of benzene rings is 2. The summed E-state index contributed by atoms with van der Waals surface area (Å²) in [5, 5.41) is 3.65. The molecule has 0 bridgehead atoms. The van der Waals surface area contributed by atoms with E-state index in [1.165, 1.54) is 0 Å². The van der Waals surface area contributed by atoms with Gasteiger partial charge in [0.25, 0.3) is 11.8 Å². The maximum Gasteiger partial charge on any atom is 0.254 e. The van der Waals surface area contributed by atoms with E-state index in [-0.39, 0.29) is 17.7 Å². The molecule has 1 aromatic heterocycles. The smallest absolute Gasteiger partial charge is 0.254 e. The molecule has 5 rings (SSSR count). The van der Waals surface area contributed by atoms with Gasteiger partial charge in [0.05, 0.1) is 17.1 Å². The van der Waals surface area contributed by atoms with E-state index >= 15 is 0 Å². The van der Waals surface area contributed by atoms with Crippen LogP contribution >= 0.6 is 11.6 Å². The molecular weight excluding hydrogens is 490 g/mol. The van der Waals surface area contributed by atoms with Gasteiger partial charge < -0.3 is 20.1 Å². The van der Waals surface area contributed by atoms with Gasteiger partial charge in [-0.15, -0.1) is 0 Å². The molecule has 0 unspecified atom stereocenters. The number of amides is 3. The average molecular weight is 522 g/mol. The van der Waals surface area contributed by atoms with Crippen molar-refractivity contribution in [2.75, 3.05) is 26.2 Å². The lowest BCUT2D eigenvalue weighted by molar-refractivity contribution is -0.130. The van der Waals surface area contributed by atoms with E-state index in [4.69, 9.17) is 11.6 Å². The fourth-order valence-corrected chi connectivity index (χ4v) is 5.38. The van der Waals surface area contributed by atoms with E-state index in [1.807, 2.05) is 22.8 Å². The molecule has 0 spiro atoms. The van der Waals surface area contributed by atoms with E-state index < -0.39 is 6.04 Å². The van der Waals surface area contributed by atoms with Crippen LogP contribution in [0.25, 0.3) is 11.0 Å². The van der Waals surface area contributed by atoms with Gasteiger partial charge in [0.2, 0.25) is 5.91 Å². The molecule has 194 valence electrons. The standard InChI is InChI=1S/C28H32ClN5O3/c1-18-16-19(6-8-21(18)28(37)34-14-4-5-15-34)27(36)32-23(10-11-25(35)33-12-2-3-13-33)26-30-22-9-7-20(29)17-24(22)31-26/h6-9,16-17,23H,2-5,10-15H2,1H3,(H,30,31)(H,32,36)/t23-/m0/s1. The largest absolute Gasteiger partial charge is 0.343 e. The number of carbonyl (C=O) groups is 3. The number of nitrogens with one attached hydrogen (secondary N) is 2. The van der Waals surface area contributed by atoms with Crippen molar-refractivity contribution in [1.82, 2.24) is 25.1 Å². The molecule has 0 aliphatic carbocycles. The minimum Gasteiger partial charge on any atom is -0.343 e. The quantitative estimate of drug-likeness (QED) is 0.473. The molecule has 3 heterocycles. The van der Waals surface area contributed by atoms with Crippen LogP contribution in [0.1, 0.15) is 76.7 Å². The van der Waals surface area contributed by atoms with Crippen molar-refractivity contribution in [2.24, 2.45) is 0 Å². The van der Waals surface area contributed by atoms with Crippen molar-refractivity contribution in [2.45, 2.75) is 51.5 Å². The number of imidazole rings is 1. The normalized spacial score (nSPS) is 16.4. The summed E-state index contributed by atoms with van der Waals surface area (Å²) in [4.78, 5) is 50.6. The molecule has 3 amide bonds. The molecule has 2 saturated heterocycles. The number of aromatic amines is 1. The number of aromatic nitrogens is 2. The van der Waals surface area contributed by atoms with E-state index in [1.54, 1.807) is 30.3 Å². The highest BCUT2D eigenvalue weighted by molar-refractivity contribution is 6.31. The van der Waals surface area contributed by atoms with Gasteiger partial charge in [0.1, 0.15) is 5.82 Å². The Balaban J connectivity index is 1.35. The zero-order valence-electron chi connectivity index (χ0n) is 21.1. The Hall–Kier alpha value is -3.39. The van der Waals surface area contributed by atoms with Crippen LogP contribution in [0.15, 0.2) is 36.4 Å². The second kappa shape index (κ2) is 10.9. The highest BCUT2D eigenvalue weighted by Crippen LogP contribution is 2.24. The zero-order chi connectivity index (χ0) is 25.9. The molecular formula is C28H32ClN5O3. The third-order valence-electron chi connectivity index (χ3n) is 7.32. The third-order valence-corrected chi connectivity index (χ3v) is 7.55. The Labute approximate surface area is 221 Å². The minimum atomic E-state index is -0.489. The van der Waals surface area contributed by atoms with Gasteiger partial charge in [-0.2, -0.15) is 0 Å². The van der Waals surface area contributed by atoms with Crippen molar-refractivity contribution in [3.8, 4) is 0 Å². The molecule has 0 radical (unpaired) electrons.